The highest BCUT2D eigenvalue weighted by atomic mass is 16.5. The zero-order valence-corrected chi connectivity index (χ0v) is 19.5. The molecule has 0 radical (unpaired) electrons. The van der Waals surface area contributed by atoms with Crippen molar-refractivity contribution in [1.29, 1.82) is 0 Å². The van der Waals surface area contributed by atoms with E-state index in [1.807, 2.05) is 20.8 Å². The summed E-state index contributed by atoms with van der Waals surface area (Å²) in [6, 6.07) is 0. The molecule has 2 rings (SSSR count). The van der Waals surface area contributed by atoms with E-state index >= 15 is 0 Å². The van der Waals surface area contributed by atoms with Crippen molar-refractivity contribution in [2.24, 2.45) is 0 Å². The number of hydrogen-bond acceptors (Lipinski definition) is 3. The van der Waals surface area contributed by atoms with Gasteiger partial charge in [0.2, 0.25) is 0 Å². The second-order valence-electron chi connectivity index (χ2n) is 8.80. The standard InChI is InChI=1S/C26H36O4/c1-17(2)10-8-11-18(3)12-9-14-26(7)15-13-22-21(6)24(29-16-23(27)28)19(4)20(5)25(22)30-26/h9-10,12,14H,8,11,13,15-16H2,1-7H3,(H,27,28)/b14-9-,18-12-/t26-/m1/s1. The van der Waals surface area contributed by atoms with Crippen molar-refractivity contribution in [2.75, 3.05) is 6.61 Å². The van der Waals surface area contributed by atoms with E-state index in [4.69, 9.17) is 14.6 Å². The number of allylic oxidation sites excluding steroid dienone is 5. The molecule has 1 aromatic rings. The molecule has 30 heavy (non-hydrogen) atoms. The summed E-state index contributed by atoms with van der Waals surface area (Å²) in [7, 11) is 0. The van der Waals surface area contributed by atoms with E-state index in [0.29, 0.717) is 5.75 Å². The second kappa shape index (κ2) is 10.0. The summed E-state index contributed by atoms with van der Waals surface area (Å²) >= 11 is 0. The van der Waals surface area contributed by atoms with Crippen LogP contribution in [0.4, 0.5) is 0 Å². The minimum absolute atomic E-state index is 0.333. The Morgan fingerprint density at radius 1 is 1.17 bits per heavy atom. The summed E-state index contributed by atoms with van der Waals surface area (Å²) in [5.41, 5.74) is 6.41. The van der Waals surface area contributed by atoms with Crippen molar-refractivity contribution in [1.82, 2.24) is 0 Å². The van der Waals surface area contributed by atoms with Crippen LogP contribution in [0.1, 0.15) is 69.2 Å². The summed E-state index contributed by atoms with van der Waals surface area (Å²) < 4.78 is 12.1. The summed E-state index contributed by atoms with van der Waals surface area (Å²) in [4.78, 5) is 10.9. The predicted molar refractivity (Wildman–Crippen MR) is 123 cm³/mol. The Bertz CT molecular complexity index is 885. The van der Waals surface area contributed by atoms with E-state index in [9.17, 15) is 4.79 Å². The van der Waals surface area contributed by atoms with Crippen LogP contribution in [-0.4, -0.2) is 23.3 Å². The van der Waals surface area contributed by atoms with Gasteiger partial charge in [0, 0.05) is 5.56 Å². The molecule has 0 unspecified atom stereocenters. The van der Waals surface area contributed by atoms with Gasteiger partial charge in [0.05, 0.1) is 0 Å². The maximum Gasteiger partial charge on any atom is 0.341 e. The lowest BCUT2D eigenvalue weighted by atomic mass is 9.87. The average Bonchev–Trinajstić information content (AvgIpc) is 2.65. The number of carbonyl (C=O) groups is 1. The fourth-order valence-electron chi connectivity index (χ4n) is 3.81. The molecule has 164 valence electrons. The fourth-order valence-corrected chi connectivity index (χ4v) is 3.81. The lowest BCUT2D eigenvalue weighted by molar-refractivity contribution is -0.139. The maximum absolute atomic E-state index is 10.9. The van der Waals surface area contributed by atoms with Gasteiger partial charge in [0.25, 0.3) is 0 Å². The first-order valence-electron chi connectivity index (χ1n) is 10.7. The molecule has 1 atom stereocenters. The van der Waals surface area contributed by atoms with E-state index in [0.717, 1.165) is 53.7 Å². The van der Waals surface area contributed by atoms with Gasteiger partial charge < -0.3 is 14.6 Å². The number of fused-ring (bicyclic) bond motifs is 1. The molecule has 1 aliphatic rings. The third-order valence-corrected chi connectivity index (χ3v) is 5.78. The third-order valence-electron chi connectivity index (χ3n) is 5.78. The maximum atomic E-state index is 10.9. The molecule has 0 saturated carbocycles. The molecule has 1 heterocycles. The number of ether oxygens (including phenoxy) is 2. The molecular formula is C26H36O4. The molecule has 4 heteroatoms. The van der Waals surface area contributed by atoms with Crippen LogP contribution in [0, 0.1) is 20.8 Å². The normalized spacial score (nSPS) is 18.7. The van der Waals surface area contributed by atoms with Gasteiger partial charge in [-0.2, -0.15) is 0 Å². The molecule has 0 saturated heterocycles. The highest BCUT2D eigenvalue weighted by Crippen LogP contribution is 2.44. The summed E-state index contributed by atoms with van der Waals surface area (Å²) in [5.74, 6) is 0.615. The largest absolute Gasteiger partial charge is 0.483 e. The number of carboxylic acid groups (broad SMARTS) is 1. The number of benzene rings is 1. The molecule has 0 bridgehead atoms. The first kappa shape index (κ1) is 23.8. The van der Waals surface area contributed by atoms with Crippen LogP contribution < -0.4 is 9.47 Å². The minimum Gasteiger partial charge on any atom is -0.483 e. The molecule has 0 aromatic heterocycles. The molecule has 0 fully saturated rings. The van der Waals surface area contributed by atoms with Gasteiger partial charge in [-0.15, -0.1) is 0 Å². The van der Waals surface area contributed by atoms with Crippen LogP contribution >= 0.6 is 0 Å². The van der Waals surface area contributed by atoms with E-state index in [1.165, 1.54) is 11.1 Å². The van der Waals surface area contributed by atoms with E-state index in [2.05, 4.69) is 52.0 Å². The van der Waals surface area contributed by atoms with E-state index < -0.39 is 5.97 Å². The fraction of sp³-hybridized carbons (Fsp3) is 0.500. The van der Waals surface area contributed by atoms with Crippen molar-refractivity contribution >= 4 is 5.97 Å². The molecular weight excluding hydrogens is 376 g/mol. The lowest BCUT2D eigenvalue weighted by Gasteiger charge is -2.36. The molecule has 1 N–H and O–H groups in total. The monoisotopic (exact) mass is 412 g/mol. The van der Waals surface area contributed by atoms with Gasteiger partial charge in [-0.25, -0.2) is 4.79 Å². The molecule has 0 spiro atoms. The first-order valence-corrected chi connectivity index (χ1v) is 10.7. The van der Waals surface area contributed by atoms with Crippen molar-refractivity contribution in [3.63, 3.8) is 0 Å². The minimum atomic E-state index is -0.970. The first-order chi connectivity index (χ1) is 14.0. The number of hydrogen-bond donors (Lipinski definition) is 1. The zero-order chi connectivity index (χ0) is 22.5. The lowest BCUT2D eigenvalue weighted by Crippen LogP contribution is -2.35. The Hall–Kier alpha value is -2.49. The van der Waals surface area contributed by atoms with Gasteiger partial charge in [-0.1, -0.05) is 29.4 Å². The van der Waals surface area contributed by atoms with E-state index in [-0.39, 0.29) is 12.2 Å². The Labute approximate surface area is 181 Å². The second-order valence-corrected chi connectivity index (χ2v) is 8.80. The van der Waals surface area contributed by atoms with Crippen molar-refractivity contribution < 1.29 is 19.4 Å². The van der Waals surface area contributed by atoms with Gasteiger partial charge >= 0.3 is 5.97 Å². The average molecular weight is 413 g/mol. The van der Waals surface area contributed by atoms with Gasteiger partial charge in [0.1, 0.15) is 17.1 Å². The van der Waals surface area contributed by atoms with Crippen LogP contribution in [0.25, 0.3) is 0 Å². The number of carboxylic acids is 1. The van der Waals surface area contributed by atoms with Gasteiger partial charge in [-0.3, -0.25) is 0 Å². The van der Waals surface area contributed by atoms with Crippen LogP contribution in [0.15, 0.2) is 35.5 Å². The molecule has 1 aliphatic heterocycles. The molecule has 0 amide bonds. The summed E-state index contributed by atoms with van der Waals surface area (Å²) in [6.07, 6.45) is 12.6. The topological polar surface area (TPSA) is 55.8 Å². The van der Waals surface area contributed by atoms with Crippen molar-refractivity contribution in [2.45, 2.75) is 79.8 Å². The van der Waals surface area contributed by atoms with Crippen LogP contribution in [0.3, 0.4) is 0 Å². The van der Waals surface area contributed by atoms with Crippen molar-refractivity contribution in [3.05, 3.63) is 57.7 Å². The Balaban J connectivity index is 2.19. The number of aliphatic carboxylic acids is 1. The molecule has 4 nitrogen and oxygen atoms in total. The summed E-state index contributed by atoms with van der Waals surface area (Å²) in [6.45, 7) is 14.2. The Kier molecular flexibility index (Phi) is 7.94. The van der Waals surface area contributed by atoms with Crippen LogP contribution in [0.2, 0.25) is 0 Å². The van der Waals surface area contributed by atoms with Gasteiger partial charge in [0.15, 0.2) is 6.61 Å². The summed E-state index contributed by atoms with van der Waals surface area (Å²) in [5, 5.41) is 8.96. The van der Waals surface area contributed by atoms with E-state index in [1.54, 1.807) is 0 Å². The molecule has 0 aliphatic carbocycles. The zero-order valence-electron chi connectivity index (χ0n) is 19.5. The number of rotatable bonds is 8. The van der Waals surface area contributed by atoms with Crippen molar-refractivity contribution in [3.8, 4) is 11.5 Å². The Morgan fingerprint density at radius 2 is 1.87 bits per heavy atom. The Morgan fingerprint density at radius 3 is 2.50 bits per heavy atom. The van der Waals surface area contributed by atoms with Crippen LogP contribution in [0.5, 0.6) is 11.5 Å². The third kappa shape index (κ3) is 6.01. The van der Waals surface area contributed by atoms with Crippen LogP contribution in [-0.2, 0) is 11.2 Å². The van der Waals surface area contributed by atoms with Gasteiger partial charge in [-0.05, 0) is 96.9 Å². The highest BCUT2D eigenvalue weighted by molar-refractivity contribution is 5.69. The SMILES string of the molecule is CC(C)=CCC/C(C)=C\C=C/[C@]1(C)CCc2c(C)c(OCC(=O)O)c(C)c(C)c2O1. The highest BCUT2D eigenvalue weighted by Gasteiger charge is 2.32. The smallest absolute Gasteiger partial charge is 0.341 e. The predicted octanol–water partition coefficient (Wildman–Crippen LogP) is 6.41. The molecule has 1 aromatic carbocycles. The quantitative estimate of drug-likeness (QED) is 0.396.